The Morgan fingerprint density at radius 1 is 1.21 bits per heavy atom. The van der Waals surface area contributed by atoms with Gasteiger partial charge in [0.05, 0.1) is 5.54 Å². The molecule has 1 amide bonds. The summed E-state index contributed by atoms with van der Waals surface area (Å²) in [5.41, 5.74) is 0.956. The van der Waals surface area contributed by atoms with Crippen molar-refractivity contribution in [2.75, 3.05) is 0 Å². The third-order valence-corrected chi connectivity index (χ3v) is 3.85. The summed E-state index contributed by atoms with van der Waals surface area (Å²) in [5.74, 6) is 0.248. The van der Waals surface area contributed by atoms with E-state index < -0.39 is 0 Å². The molecule has 0 radical (unpaired) electrons. The van der Waals surface area contributed by atoms with Crippen molar-refractivity contribution in [1.29, 1.82) is 0 Å². The summed E-state index contributed by atoms with van der Waals surface area (Å²) in [7, 11) is 0. The Hall–Kier alpha value is -2.10. The SMILES string of the molecule is O=C(NC1(c2ccccc2)CCCC1)c1ncc[nH]1. The molecule has 1 saturated carbocycles. The standard InChI is InChI=1S/C15H17N3O/c19-14(13-16-10-11-17-13)18-15(8-4-5-9-15)12-6-2-1-3-7-12/h1-3,6-7,10-11H,4-5,8-9H2,(H,16,17)(H,18,19). The van der Waals surface area contributed by atoms with Crippen molar-refractivity contribution in [2.45, 2.75) is 31.2 Å². The molecule has 2 aromatic rings. The van der Waals surface area contributed by atoms with Gasteiger partial charge in [0, 0.05) is 12.4 Å². The van der Waals surface area contributed by atoms with Gasteiger partial charge in [0.1, 0.15) is 0 Å². The lowest BCUT2D eigenvalue weighted by molar-refractivity contribution is 0.0888. The minimum atomic E-state index is -0.231. The molecule has 0 atom stereocenters. The number of aromatic nitrogens is 2. The molecule has 2 N–H and O–H groups in total. The number of hydrogen-bond donors (Lipinski definition) is 2. The third-order valence-electron chi connectivity index (χ3n) is 3.85. The summed E-state index contributed by atoms with van der Waals surface area (Å²) in [4.78, 5) is 19.1. The largest absolute Gasteiger partial charge is 0.341 e. The lowest BCUT2D eigenvalue weighted by atomic mass is 9.88. The van der Waals surface area contributed by atoms with Crippen LogP contribution in [-0.2, 0) is 5.54 Å². The number of benzene rings is 1. The molecule has 0 bridgehead atoms. The summed E-state index contributed by atoms with van der Waals surface area (Å²) >= 11 is 0. The number of rotatable bonds is 3. The Kier molecular flexibility index (Phi) is 3.07. The molecule has 0 aliphatic heterocycles. The van der Waals surface area contributed by atoms with Crippen molar-refractivity contribution in [1.82, 2.24) is 15.3 Å². The summed E-state index contributed by atoms with van der Waals surface area (Å²) in [5, 5.41) is 3.18. The number of carbonyl (C=O) groups is 1. The van der Waals surface area contributed by atoms with Gasteiger partial charge < -0.3 is 10.3 Å². The molecule has 4 nitrogen and oxygen atoms in total. The zero-order chi connectivity index (χ0) is 13.1. The maximum absolute atomic E-state index is 12.2. The first kappa shape index (κ1) is 12.0. The highest BCUT2D eigenvalue weighted by Gasteiger charge is 2.37. The van der Waals surface area contributed by atoms with Crippen LogP contribution in [0.4, 0.5) is 0 Å². The fourth-order valence-corrected chi connectivity index (χ4v) is 2.89. The number of imidazole rings is 1. The van der Waals surface area contributed by atoms with E-state index in [0.29, 0.717) is 5.82 Å². The van der Waals surface area contributed by atoms with Gasteiger partial charge in [0.15, 0.2) is 5.82 Å². The third kappa shape index (κ3) is 2.26. The molecule has 0 saturated heterocycles. The molecule has 0 spiro atoms. The van der Waals surface area contributed by atoms with Gasteiger partial charge in [0.2, 0.25) is 0 Å². The Labute approximate surface area is 112 Å². The van der Waals surface area contributed by atoms with E-state index in [1.54, 1.807) is 12.4 Å². The van der Waals surface area contributed by atoms with Crippen molar-refractivity contribution in [3.05, 3.63) is 54.1 Å². The molecule has 98 valence electrons. The second kappa shape index (κ2) is 4.88. The summed E-state index contributed by atoms with van der Waals surface area (Å²) in [6, 6.07) is 10.2. The zero-order valence-electron chi connectivity index (χ0n) is 10.7. The molecule has 4 heteroatoms. The predicted molar refractivity (Wildman–Crippen MR) is 72.6 cm³/mol. The van der Waals surface area contributed by atoms with Crippen LogP contribution in [0, 0.1) is 0 Å². The average Bonchev–Trinajstić information content (AvgIpc) is 3.11. The van der Waals surface area contributed by atoms with E-state index in [1.165, 1.54) is 5.56 Å². The van der Waals surface area contributed by atoms with Crippen molar-refractivity contribution < 1.29 is 4.79 Å². The first-order valence-electron chi connectivity index (χ1n) is 6.68. The van der Waals surface area contributed by atoms with Gasteiger partial charge >= 0.3 is 0 Å². The molecular formula is C15H17N3O. The molecule has 0 unspecified atom stereocenters. The fourth-order valence-electron chi connectivity index (χ4n) is 2.89. The second-order valence-electron chi connectivity index (χ2n) is 5.05. The molecule has 19 heavy (non-hydrogen) atoms. The Morgan fingerprint density at radius 2 is 1.95 bits per heavy atom. The van der Waals surface area contributed by atoms with E-state index in [2.05, 4.69) is 27.4 Å². The van der Waals surface area contributed by atoms with Crippen LogP contribution in [0.1, 0.15) is 41.9 Å². The Balaban J connectivity index is 1.88. The molecule has 1 fully saturated rings. The highest BCUT2D eigenvalue weighted by atomic mass is 16.2. The zero-order valence-corrected chi connectivity index (χ0v) is 10.7. The number of nitrogens with one attached hydrogen (secondary N) is 2. The van der Waals surface area contributed by atoms with E-state index in [1.807, 2.05) is 18.2 Å². The predicted octanol–water partition coefficient (Wildman–Crippen LogP) is 2.61. The number of carbonyl (C=O) groups excluding carboxylic acids is 1. The molecule has 1 aliphatic rings. The minimum Gasteiger partial charge on any atom is -0.341 e. The lowest BCUT2D eigenvalue weighted by Crippen LogP contribution is -2.44. The fraction of sp³-hybridized carbons (Fsp3) is 0.333. The Bertz CT molecular complexity index is 542. The number of hydrogen-bond acceptors (Lipinski definition) is 2. The molecule has 1 aromatic heterocycles. The van der Waals surface area contributed by atoms with Crippen molar-refractivity contribution >= 4 is 5.91 Å². The highest BCUT2D eigenvalue weighted by molar-refractivity contribution is 5.91. The van der Waals surface area contributed by atoms with Crippen LogP contribution in [0.5, 0.6) is 0 Å². The minimum absolute atomic E-state index is 0.129. The maximum atomic E-state index is 12.2. The van der Waals surface area contributed by atoms with E-state index in [0.717, 1.165) is 25.7 Å². The Morgan fingerprint density at radius 3 is 2.58 bits per heavy atom. The van der Waals surface area contributed by atoms with Crippen LogP contribution >= 0.6 is 0 Å². The van der Waals surface area contributed by atoms with Gasteiger partial charge in [-0.15, -0.1) is 0 Å². The smallest absolute Gasteiger partial charge is 0.287 e. The summed E-state index contributed by atoms with van der Waals surface area (Å²) in [6.45, 7) is 0. The van der Waals surface area contributed by atoms with Gasteiger partial charge in [-0.2, -0.15) is 0 Å². The number of aromatic amines is 1. The van der Waals surface area contributed by atoms with Gasteiger partial charge in [-0.05, 0) is 18.4 Å². The second-order valence-corrected chi connectivity index (χ2v) is 5.05. The highest BCUT2D eigenvalue weighted by Crippen LogP contribution is 2.38. The first-order chi connectivity index (χ1) is 9.30. The molecule has 1 heterocycles. The van der Waals surface area contributed by atoms with Gasteiger partial charge in [0.25, 0.3) is 5.91 Å². The van der Waals surface area contributed by atoms with Crippen molar-refractivity contribution in [2.24, 2.45) is 0 Å². The van der Waals surface area contributed by atoms with Crippen LogP contribution in [0.25, 0.3) is 0 Å². The quantitative estimate of drug-likeness (QED) is 0.885. The van der Waals surface area contributed by atoms with E-state index >= 15 is 0 Å². The van der Waals surface area contributed by atoms with Crippen molar-refractivity contribution in [3.8, 4) is 0 Å². The summed E-state index contributed by atoms with van der Waals surface area (Å²) < 4.78 is 0. The monoisotopic (exact) mass is 255 g/mol. The molecule has 1 aromatic carbocycles. The maximum Gasteiger partial charge on any atom is 0.287 e. The molecule has 3 rings (SSSR count). The van der Waals surface area contributed by atoms with E-state index in [9.17, 15) is 4.79 Å². The van der Waals surface area contributed by atoms with E-state index in [4.69, 9.17) is 0 Å². The lowest BCUT2D eigenvalue weighted by Gasteiger charge is -2.30. The van der Waals surface area contributed by atoms with Crippen LogP contribution in [-0.4, -0.2) is 15.9 Å². The van der Waals surface area contributed by atoms with Crippen LogP contribution in [0.2, 0.25) is 0 Å². The normalized spacial score (nSPS) is 17.3. The number of amides is 1. The molecular weight excluding hydrogens is 238 g/mol. The number of H-pyrrole nitrogens is 1. The van der Waals surface area contributed by atoms with Crippen LogP contribution in [0.15, 0.2) is 42.7 Å². The van der Waals surface area contributed by atoms with Gasteiger partial charge in [-0.1, -0.05) is 43.2 Å². The topological polar surface area (TPSA) is 57.8 Å². The van der Waals surface area contributed by atoms with Gasteiger partial charge in [-0.3, -0.25) is 4.79 Å². The van der Waals surface area contributed by atoms with Gasteiger partial charge in [-0.25, -0.2) is 4.98 Å². The van der Waals surface area contributed by atoms with Crippen LogP contribution in [0.3, 0.4) is 0 Å². The molecule has 1 aliphatic carbocycles. The number of nitrogens with zero attached hydrogens (tertiary/aromatic N) is 1. The average molecular weight is 255 g/mol. The summed E-state index contributed by atoms with van der Waals surface area (Å²) in [6.07, 6.45) is 7.53. The van der Waals surface area contributed by atoms with E-state index in [-0.39, 0.29) is 11.4 Å². The van der Waals surface area contributed by atoms with Crippen LogP contribution < -0.4 is 5.32 Å². The first-order valence-corrected chi connectivity index (χ1v) is 6.68. The van der Waals surface area contributed by atoms with Crippen molar-refractivity contribution in [3.63, 3.8) is 0 Å².